The van der Waals surface area contributed by atoms with Crippen LogP contribution in [0.1, 0.15) is 24.4 Å². The van der Waals surface area contributed by atoms with Crippen molar-refractivity contribution >= 4 is 17.6 Å². The van der Waals surface area contributed by atoms with Crippen LogP contribution in [0.3, 0.4) is 0 Å². The highest BCUT2D eigenvalue weighted by molar-refractivity contribution is 6.01. The van der Waals surface area contributed by atoms with E-state index in [1.807, 2.05) is 18.2 Å². The van der Waals surface area contributed by atoms with Crippen molar-refractivity contribution in [2.45, 2.75) is 18.9 Å². The molecule has 5 rings (SSSR count). The van der Waals surface area contributed by atoms with Crippen LogP contribution in [-0.4, -0.2) is 56.4 Å². The van der Waals surface area contributed by atoms with Crippen LogP contribution in [0.15, 0.2) is 36.4 Å². The van der Waals surface area contributed by atoms with Gasteiger partial charge in [0.15, 0.2) is 23.0 Å². The zero-order valence-electron chi connectivity index (χ0n) is 17.6. The Kier molecular flexibility index (Phi) is 5.72. The van der Waals surface area contributed by atoms with Crippen molar-refractivity contribution in [3.05, 3.63) is 42.0 Å². The molecule has 0 aromatic heterocycles. The first kappa shape index (κ1) is 20.4. The van der Waals surface area contributed by atoms with Crippen LogP contribution in [0.5, 0.6) is 23.0 Å². The van der Waals surface area contributed by atoms with Crippen LogP contribution in [0.25, 0.3) is 0 Å². The molecule has 2 aromatic carbocycles. The van der Waals surface area contributed by atoms with E-state index in [0.717, 1.165) is 36.4 Å². The van der Waals surface area contributed by atoms with E-state index in [2.05, 4.69) is 15.5 Å². The molecule has 0 bridgehead atoms. The first-order chi connectivity index (χ1) is 15.7. The lowest BCUT2D eigenvalue weighted by molar-refractivity contribution is -0.121. The Bertz CT molecular complexity index is 1030. The Morgan fingerprint density at radius 1 is 0.875 bits per heavy atom. The average molecular weight is 439 g/mol. The van der Waals surface area contributed by atoms with E-state index in [9.17, 15) is 9.59 Å². The van der Waals surface area contributed by atoms with Crippen LogP contribution >= 0.6 is 0 Å². The van der Waals surface area contributed by atoms with E-state index in [1.54, 1.807) is 18.2 Å². The second-order valence-electron chi connectivity index (χ2n) is 7.89. The summed E-state index contributed by atoms with van der Waals surface area (Å²) in [6.07, 6.45) is 1.92. The quantitative estimate of drug-likeness (QED) is 0.756. The smallest absolute Gasteiger partial charge is 0.325 e. The number of fused-ring (bicyclic) bond motifs is 2. The maximum absolute atomic E-state index is 12.5. The van der Waals surface area contributed by atoms with Crippen molar-refractivity contribution in [1.29, 1.82) is 0 Å². The minimum atomic E-state index is -0.582. The molecule has 9 heteroatoms. The lowest BCUT2D eigenvalue weighted by Crippen LogP contribution is -2.41. The van der Waals surface area contributed by atoms with Gasteiger partial charge in [-0.3, -0.25) is 15.0 Å². The highest BCUT2D eigenvalue weighted by Gasteiger charge is 2.29. The zero-order valence-corrected chi connectivity index (χ0v) is 17.6. The minimum Gasteiger partial charge on any atom is -0.486 e. The van der Waals surface area contributed by atoms with E-state index in [4.69, 9.17) is 18.9 Å². The first-order valence-electron chi connectivity index (χ1n) is 10.8. The largest absolute Gasteiger partial charge is 0.486 e. The number of ether oxygens (including phenoxy) is 4. The fourth-order valence-corrected chi connectivity index (χ4v) is 4.29. The van der Waals surface area contributed by atoms with Crippen molar-refractivity contribution in [2.75, 3.05) is 44.8 Å². The number of carbonyl (C=O) groups is 2. The van der Waals surface area contributed by atoms with Gasteiger partial charge in [-0.1, -0.05) is 6.07 Å². The fourth-order valence-electron chi connectivity index (χ4n) is 4.29. The number of likely N-dealkylation sites (tertiary alicyclic amines) is 1. The fraction of sp³-hybridized carbons (Fsp3) is 0.391. The van der Waals surface area contributed by atoms with Crippen LogP contribution in [0.2, 0.25) is 0 Å². The van der Waals surface area contributed by atoms with Gasteiger partial charge in [0, 0.05) is 17.8 Å². The van der Waals surface area contributed by atoms with E-state index < -0.39 is 6.03 Å². The Hall–Kier alpha value is -3.46. The van der Waals surface area contributed by atoms with Gasteiger partial charge in [-0.15, -0.1) is 0 Å². The van der Waals surface area contributed by atoms with Crippen LogP contribution < -0.4 is 29.6 Å². The van der Waals surface area contributed by atoms with E-state index in [1.165, 1.54) is 0 Å². The Morgan fingerprint density at radius 2 is 1.53 bits per heavy atom. The molecular formula is C23H25N3O6. The van der Waals surface area contributed by atoms with Crippen molar-refractivity contribution < 1.29 is 28.5 Å². The van der Waals surface area contributed by atoms with Crippen molar-refractivity contribution in [1.82, 2.24) is 10.2 Å². The molecule has 2 aromatic rings. The molecular weight excluding hydrogens is 414 g/mol. The molecule has 1 saturated heterocycles. The summed E-state index contributed by atoms with van der Waals surface area (Å²) < 4.78 is 22.3. The highest BCUT2D eigenvalue weighted by Crippen LogP contribution is 2.38. The van der Waals surface area contributed by atoms with Gasteiger partial charge >= 0.3 is 6.03 Å². The molecule has 9 nitrogen and oxygen atoms in total. The predicted octanol–water partition coefficient (Wildman–Crippen LogP) is 2.71. The van der Waals surface area contributed by atoms with Crippen LogP contribution in [0.4, 0.5) is 10.5 Å². The third kappa shape index (κ3) is 4.43. The number of rotatable bonds is 4. The standard InChI is InChI=1S/C23H25N3O6/c27-22(25-23(28)24-16-4-6-19-21(13-16)32-11-9-30-19)14-26-7-1-2-17(26)15-3-5-18-20(12-15)31-10-8-29-18/h3-6,12-13,17H,1-2,7-11,14H2,(H2,24,25,27,28)/t17-/m0/s1. The third-order valence-corrected chi connectivity index (χ3v) is 5.71. The number of hydrogen-bond donors (Lipinski definition) is 2. The van der Waals surface area contributed by atoms with Crippen molar-refractivity contribution in [3.63, 3.8) is 0 Å². The number of carbonyl (C=O) groups excluding carboxylic acids is 2. The SMILES string of the molecule is O=C(CN1CCC[C@H]1c1ccc2c(c1)OCCO2)NC(=O)Nc1ccc2c(c1)OCCO2. The monoisotopic (exact) mass is 439 g/mol. The second-order valence-corrected chi connectivity index (χ2v) is 7.89. The molecule has 3 amide bonds. The summed E-state index contributed by atoms with van der Waals surface area (Å²) in [5, 5.41) is 5.08. The maximum Gasteiger partial charge on any atom is 0.325 e. The summed E-state index contributed by atoms with van der Waals surface area (Å²) in [7, 11) is 0. The molecule has 3 heterocycles. The van der Waals surface area contributed by atoms with E-state index in [0.29, 0.717) is 43.6 Å². The molecule has 168 valence electrons. The normalized spacial score (nSPS) is 19.3. The van der Waals surface area contributed by atoms with E-state index in [-0.39, 0.29) is 18.5 Å². The van der Waals surface area contributed by atoms with Gasteiger partial charge < -0.3 is 24.3 Å². The molecule has 32 heavy (non-hydrogen) atoms. The topological polar surface area (TPSA) is 98.4 Å². The van der Waals surface area contributed by atoms with Crippen molar-refractivity contribution in [3.8, 4) is 23.0 Å². The molecule has 0 spiro atoms. The summed E-state index contributed by atoms with van der Waals surface area (Å²) in [4.78, 5) is 26.9. The van der Waals surface area contributed by atoms with Gasteiger partial charge in [-0.05, 0) is 49.2 Å². The number of amides is 3. The van der Waals surface area contributed by atoms with Gasteiger partial charge in [0.1, 0.15) is 26.4 Å². The summed E-state index contributed by atoms with van der Waals surface area (Å²) in [6.45, 7) is 2.96. The van der Waals surface area contributed by atoms with Crippen LogP contribution in [-0.2, 0) is 4.79 Å². The summed E-state index contributed by atoms with van der Waals surface area (Å²) in [6, 6.07) is 10.5. The first-order valence-corrected chi connectivity index (χ1v) is 10.8. The lowest BCUT2D eigenvalue weighted by atomic mass is 10.0. The maximum atomic E-state index is 12.5. The number of nitrogens with zero attached hydrogens (tertiary/aromatic N) is 1. The highest BCUT2D eigenvalue weighted by atomic mass is 16.6. The lowest BCUT2D eigenvalue weighted by Gasteiger charge is -2.26. The number of anilines is 1. The molecule has 3 aliphatic heterocycles. The number of urea groups is 1. The van der Waals surface area contributed by atoms with Gasteiger partial charge in [0.25, 0.3) is 0 Å². The zero-order chi connectivity index (χ0) is 21.9. The predicted molar refractivity (Wildman–Crippen MR) is 116 cm³/mol. The molecule has 1 atom stereocenters. The minimum absolute atomic E-state index is 0.0948. The second kappa shape index (κ2) is 8.96. The Labute approximate surface area is 185 Å². The molecule has 0 aliphatic carbocycles. The van der Waals surface area contributed by atoms with Crippen molar-refractivity contribution in [2.24, 2.45) is 0 Å². The summed E-state index contributed by atoms with van der Waals surface area (Å²) in [5.74, 6) is 2.34. The molecule has 0 saturated carbocycles. The number of hydrogen-bond acceptors (Lipinski definition) is 7. The number of nitrogens with one attached hydrogen (secondary N) is 2. The molecule has 2 N–H and O–H groups in total. The molecule has 0 unspecified atom stereocenters. The van der Waals surface area contributed by atoms with Crippen LogP contribution in [0, 0.1) is 0 Å². The van der Waals surface area contributed by atoms with Gasteiger partial charge in [0.2, 0.25) is 5.91 Å². The average Bonchev–Trinajstić information content (AvgIpc) is 3.26. The van der Waals surface area contributed by atoms with E-state index >= 15 is 0 Å². The third-order valence-electron chi connectivity index (χ3n) is 5.71. The summed E-state index contributed by atoms with van der Waals surface area (Å²) >= 11 is 0. The molecule has 0 radical (unpaired) electrons. The van der Waals surface area contributed by atoms with Gasteiger partial charge in [-0.25, -0.2) is 4.79 Å². The number of benzene rings is 2. The Balaban J connectivity index is 1.18. The number of imide groups is 1. The molecule has 3 aliphatic rings. The van der Waals surface area contributed by atoms with Gasteiger partial charge in [-0.2, -0.15) is 0 Å². The molecule has 1 fully saturated rings. The van der Waals surface area contributed by atoms with Gasteiger partial charge in [0.05, 0.1) is 6.54 Å². The Morgan fingerprint density at radius 3 is 2.28 bits per heavy atom. The summed E-state index contributed by atoms with van der Waals surface area (Å²) in [5.41, 5.74) is 1.61.